The fourth-order valence-electron chi connectivity index (χ4n) is 2.90. The summed E-state index contributed by atoms with van der Waals surface area (Å²) in [7, 11) is 0. The number of hydrogen-bond donors (Lipinski definition) is 2. The predicted molar refractivity (Wildman–Crippen MR) is 79.9 cm³/mol. The average molecular weight is 269 g/mol. The number of amides is 1. The van der Waals surface area contributed by atoms with E-state index < -0.39 is 5.54 Å². The molecule has 0 spiro atoms. The number of nitrogens with two attached hydrogens (primary N) is 1. The van der Waals surface area contributed by atoms with Gasteiger partial charge in [0.2, 0.25) is 5.91 Å². The molecule has 4 heteroatoms. The summed E-state index contributed by atoms with van der Waals surface area (Å²) >= 11 is 0. The van der Waals surface area contributed by atoms with E-state index in [1.165, 1.54) is 6.42 Å². The third-order valence-corrected chi connectivity index (χ3v) is 4.33. The Bertz CT molecular complexity index is 304. The fraction of sp³-hybridized carbons (Fsp3) is 0.933. The molecular weight excluding hydrogens is 238 g/mol. The summed E-state index contributed by atoms with van der Waals surface area (Å²) in [6.07, 6.45) is 2.06. The Morgan fingerprint density at radius 2 is 2.05 bits per heavy atom. The molecule has 0 aliphatic carbocycles. The maximum Gasteiger partial charge on any atom is 0.237 e. The Morgan fingerprint density at radius 1 is 1.42 bits per heavy atom. The van der Waals surface area contributed by atoms with Crippen molar-refractivity contribution in [2.45, 2.75) is 59.0 Å². The Morgan fingerprint density at radius 3 is 2.47 bits per heavy atom. The largest absolute Gasteiger partial charge is 0.368 e. The lowest BCUT2D eigenvalue weighted by molar-refractivity contribution is -0.124. The number of rotatable bonds is 7. The van der Waals surface area contributed by atoms with Crippen molar-refractivity contribution in [1.82, 2.24) is 10.2 Å². The third-order valence-electron chi connectivity index (χ3n) is 4.33. The molecule has 1 aliphatic rings. The first-order valence-corrected chi connectivity index (χ1v) is 7.54. The van der Waals surface area contributed by atoms with Gasteiger partial charge in [-0.1, -0.05) is 13.8 Å². The molecule has 1 rings (SSSR count). The quantitative estimate of drug-likeness (QED) is 0.738. The van der Waals surface area contributed by atoms with Gasteiger partial charge in [-0.3, -0.25) is 4.79 Å². The Kier molecular flexibility index (Phi) is 5.81. The van der Waals surface area contributed by atoms with E-state index in [-0.39, 0.29) is 11.9 Å². The highest BCUT2D eigenvalue weighted by Gasteiger charge is 2.33. The van der Waals surface area contributed by atoms with Crippen LogP contribution in [0.15, 0.2) is 0 Å². The van der Waals surface area contributed by atoms with Crippen LogP contribution in [0.5, 0.6) is 0 Å². The number of nitrogens with one attached hydrogen (secondary N) is 1. The van der Waals surface area contributed by atoms with Crippen molar-refractivity contribution in [2.24, 2.45) is 17.6 Å². The standard InChI is InChI=1S/C15H31N3O/c1-11(2)13-6-8-18(10-13)9-7-15(5,14(16)19)17-12(3)4/h11-13,17H,6-10H2,1-5H3,(H2,16,19). The first-order valence-electron chi connectivity index (χ1n) is 7.54. The second-order valence-electron chi connectivity index (χ2n) is 6.84. The van der Waals surface area contributed by atoms with Gasteiger partial charge in [-0.2, -0.15) is 0 Å². The summed E-state index contributed by atoms with van der Waals surface area (Å²) in [5.41, 5.74) is 4.97. The monoisotopic (exact) mass is 269 g/mol. The number of carbonyl (C=O) groups is 1. The molecule has 2 unspecified atom stereocenters. The lowest BCUT2D eigenvalue weighted by Gasteiger charge is -2.31. The zero-order valence-corrected chi connectivity index (χ0v) is 13.2. The van der Waals surface area contributed by atoms with Gasteiger partial charge in [0, 0.05) is 19.1 Å². The number of primary amides is 1. The molecule has 2 atom stereocenters. The van der Waals surface area contributed by atoms with Crippen molar-refractivity contribution in [1.29, 1.82) is 0 Å². The minimum atomic E-state index is -0.593. The van der Waals surface area contributed by atoms with E-state index in [0.717, 1.165) is 37.9 Å². The Balaban J connectivity index is 2.47. The predicted octanol–water partition coefficient (Wildman–Crippen LogP) is 1.60. The maximum absolute atomic E-state index is 11.7. The minimum absolute atomic E-state index is 0.249. The van der Waals surface area contributed by atoms with E-state index >= 15 is 0 Å². The van der Waals surface area contributed by atoms with Crippen molar-refractivity contribution >= 4 is 5.91 Å². The molecule has 0 aromatic rings. The van der Waals surface area contributed by atoms with E-state index in [4.69, 9.17) is 5.73 Å². The first-order chi connectivity index (χ1) is 8.74. The van der Waals surface area contributed by atoms with E-state index in [9.17, 15) is 4.79 Å². The van der Waals surface area contributed by atoms with E-state index in [0.29, 0.717) is 0 Å². The van der Waals surface area contributed by atoms with Gasteiger partial charge >= 0.3 is 0 Å². The van der Waals surface area contributed by atoms with Crippen LogP contribution in [0.4, 0.5) is 0 Å². The summed E-state index contributed by atoms with van der Waals surface area (Å²) in [6.45, 7) is 13.9. The molecule has 0 radical (unpaired) electrons. The van der Waals surface area contributed by atoms with Crippen LogP contribution < -0.4 is 11.1 Å². The van der Waals surface area contributed by atoms with Crippen LogP contribution >= 0.6 is 0 Å². The van der Waals surface area contributed by atoms with Crippen molar-refractivity contribution in [3.05, 3.63) is 0 Å². The summed E-state index contributed by atoms with van der Waals surface area (Å²) in [4.78, 5) is 14.1. The van der Waals surface area contributed by atoms with Crippen LogP contribution in [0.25, 0.3) is 0 Å². The molecule has 1 heterocycles. The third kappa shape index (κ3) is 4.77. The van der Waals surface area contributed by atoms with Crippen LogP contribution in [-0.4, -0.2) is 42.0 Å². The Hall–Kier alpha value is -0.610. The molecule has 1 aliphatic heterocycles. The SMILES string of the molecule is CC(C)NC(C)(CCN1CCC(C(C)C)C1)C(N)=O. The summed E-state index contributed by atoms with van der Waals surface area (Å²) in [5, 5.41) is 3.31. The number of likely N-dealkylation sites (tertiary alicyclic amines) is 1. The van der Waals surface area contributed by atoms with Gasteiger partial charge in [-0.05, 0) is 52.0 Å². The van der Waals surface area contributed by atoms with E-state index in [1.54, 1.807) is 0 Å². The van der Waals surface area contributed by atoms with Crippen molar-refractivity contribution in [3.63, 3.8) is 0 Å². The topological polar surface area (TPSA) is 58.4 Å². The van der Waals surface area contributed by atoms with Gasteiger partial charge in [0.15, 0.2) is 0 Å². The molecule has 4 nitrogen and oxygen atoms in total. The average Bonchev–Trinajstić information content (AvgIpc) is 2.74. The number of hydrogen-bond acceptors (Lipinski definition) is 3. The molecule has 1 saturated heterocycles. The van der Waals surface area contributed by atoms with Crippen LogP contribution in [0, 0.1) is 11.8 Å². The lowest BCUT2D eigenvalue weighted by Crippen LogP contribution is -2.56. The minimum Gasteiger partial charge on any atom is -0.368 e. The van der Waals surface area contributed by atoms with Crippen LogP contribution in [0.3, 0.4) is 0 Å². The van der Waals surface area contributed by atoms with Crippen LogP contribution in [-0.2, 0) is 4.79 Å². The second-order valence-corrected chi connectivity index (χ2v) is 6.84. The van der Waals surface area contributed by atoms with Gasteiger partial charge in [-0.25, -0.2) is 0 Å². The van der Waals surface area contributed by atoms with Gasteiger partial charge in [-0.15, -0.1) is 0 Å². The smallest absolute Gasteiger partial charge is 0.237 e. The molecular formula is C15H31N3O. The summed E-state index contributed by atoms with van der Waals surface area (Å²) in [5.74, 6) is 1.31. The highest BCUT2D eigenvalue weighted by Crippen LogP contribution is 2.24. The molecule has 1 amide bonds. The molecule has 0 bridgehead atoms. The highest BCUT2D eigenvalue weighted by molar-refractivity contribution is 5.84. The zero-order chi connectivity index (χ0) is 14.6. The van der Waals surface area contributed by atoms with Crippen molar-refractivity contribution in [3.8, 4) is 0 Å². The molecule has 0 aromatic heterocycles. The van der Waals surface area contributed by atoms with Gasteiger partial charge in [0.05, 0.1) is 5.54 Å². The van der Waals surface area contributed by atoms with Gasteiger partial charge in [0.1, 0.15) is 0 Å². The van der Waals surface area contributed by atoms with Crippen LogP contribution in [0.1, 0.15) is 47.5 Å². The second kappa shape index (κ2) is 6.71. The molecule has 112 valence electrons. The first kappa shape index (κ1) is 16.4. The van der Waals surface area contributed by atoms with Crippen molar-refractivity contribution < 1.29 is 4.79 Å². The molecule has 0 aromatic carbocycles. The van der Waals surface area contributed by atoms with Crippen molar-refractivity contribution in [2.75, 3.05) is 19.6 Å². The van der Waals surface area contributed by atoms with E-state index in [2.05, 4.69) is 24.1 Å². The fourth-order valence-corrected chi connectivity index (χ4v) is 2.90. The van der Waals surface area contributed by atoms with Crippen LogP contribution in [0.2, 0.25) is 0 Å². The molecule has 0 saturated carbocycles. The summed E-state index contributed by atoms with van der Waals surface area (Å²) in [6, 6.07) is 0.263. The number of nitrogens with zero attached hydrogens (tertiary/aromatic N) is 1. The van der Waals surface area contributed by atoms with Gasteiger partial charge in [0.25, 0.3) is 0 Å². The molecule has 1 fully saturated rings. The Labute approximate surface area is 118 Å². The normalized spacial score (nSPS) is 24.1. The zero-order valence-electron chi connectivity index (χ0n) is 13.2. The maximum atomic E-state index is 11.7. The van der Waals surface area contributed by atoms with Gasteiger partial charge < -0.3 is 16.0 Å². The molecule has 3 N–H and O–H groups in total. The lowest BCUT2D eigenvalue weighted by atomic mass is 9.95. The highest BCUT2D eigenvalue weighted by atomic mass is 16.1. The summed E-state index contributed by atoms with van der Waals surface area (Å²) < 4.78 is 0. The number of carbonyl (C=O) groups excluding carboxylic acids is 1. The molecule has 19 heavy (non-hydrogen) atoms. The van der Waals surface area contributed by atoms with E-state index in [1.807, 2.05) is 20.8 Å².